The Bertz CT molecular complexity index is 836. The molecule has 0 bridgehead atoms. The topological polar surface area (TPSA) is 43.4 Å². The van der Waals surface area contributed by atoms with Crippen LogP contribution in [0.25, 0.3) is 0 Å². The van der Waals surface area contributed by atoms with Crippen molar-refractivity contribution in [3.05, 3.63) is 29.8 Å². The third kappa shape index (κ3) is 17.5. The van der Waals surface area contributed by atoms with E-state index in [0.717, 1.165) is 55.9 Å². The maximum atomic E-state index is 14.3. The minimum atomic E-state index is -3.84. The van der Waals surface area contributed by atoms with E-state index in [4.69, 9.17) is 3.97 Å². The van der Waals surface area contributed by atoms with Gasteiger partial charge in [0.25, 0.3) is 0 Å². The number of benzene rings is 1. The van der Waals surface area contributed by atoms with E-state index < -0.39 is 16.9 Å². The van der Waals surface area contributed by atoms with Gasteiger partial charge in [-0.2, -0.15) is 0 Å². The number of unbranched alkanes of at least 4 members (excludes halogenated alkanes) is 20. The van der Waals surface area contributed by atoms with Gasteiger partial charge in [0.2, 0.25) is 0 Å². The molecule has 0 saturated carbocycles. The molecule has 0 unspecified atom stereocenters. The molecule has 0 amide bonds. The molecule has 0 spiro atoms. The second-order valence-corrected chi connectivity index (χ2v) is 21.6. The van der Waals surface area contributed by atoms with Gasteiger partial charge in [-0.3, -0.25) is 0 Å². The molecule has 0 atom stereocenters. The summed E-state index contributed by atoms with van der Waals surface area (Å²) in [5.41, 5.74) is 1.08. The first-order valence-corrected chi connectivity index (χ1v) is 23.6. The fraction of sp³-hybridized carbons (Fsp3) is 0.846. The van der Waals surface area contributed by atoms with Gasteiger partial charge in [0, 0.05) is 0 Å². The van der Waals surface area contributed by atoms with E-state index in [1.165, 1.54) is 128 Å². The summed E-state index contributed by atoms with van der Waals surface area (Å²) in [6.45, 7) is 8.07. The standard InChI is InChI=1S/C39H75O3PS/c1-6-10-14-18-22-26-34-43(35-27-23-19-15-11-7-2,36-28-24-20-16-12-8-3,37-29-25-21-17-13-9-4)42-44(40,41)39-32-30-38(5)31-33-39/h30-33H,6-29,34-37H2,1-5H3. The summed E-state index contributed by atoms with van der Waals surface area (Å²) in [4.78, 5) is 0.355. The van der Waals surface area contributed by atoms with Crippen LogP contribution in [0.3, 0.4) is 0 Å². The Labute approximate surface area is 276 Å². The molecule has 3 nitrogen and oxygen atoms in total. The van der Waals surface area contributed by atoms with Gasteiger partial charge >= 0.3 is 277 Å². The Morgan fingerprint density at radius 3 is 1.02 bits per heavy atom. The van der Waals surface area contributed by atoms with Crippen LogP contribution in [-0.4, -0.2) is 33.1 Å². The average molecular weight is 655 g/mol. The number of hydrogen-bond acceptors (Lipinski definition) is 3. The summed E-state index contributed by atoms with van der Waals surface area (Å²) in [5.74, 6) is 0. The van der Waals surface area contributed by atoms with Crippen molar-refractivity contribution in [1.29, 1.82) is 0 Å². The minimum absolute atomic E-state index is 0.355. The second-order valence-electron chi connectivity index (χ2n) is 14.2. The molecule has 1 aromatic carbocycles. The summed E-state index contributed by atoms with van der Waals surface area (Å²) in [7, 11) is -3.84. The van der Waals surface area contributed by atoms with Crippen LogP contribution >= 0.6 is 6.83 Å². The van der Waals surface area contributed by atoms with Crippen LogP contribution in [0.2, 0.25) is 0 Å². The van der Waals surface area contributed by atoms with E-state index in [0.29, 0.717) is 4.90 Å². The van der Waals surface area contributed by atoms with E-state index in [9.17, 15) is 8.42 Å². The number of hydrogen-bond donors (Lipinski definition) is 0. The molecule has 44 heavy (non-hydrogen) atoms. The van der Waals surface area contributed by atoms with Gasteiger partial charge < -0.3 is 0 Å². The third-order valence-electron chi connectivity index (χ3n) is 9.93. The zero-order valence-corrected chi connectivity index (χ0v) is 31.9. The molecule has 0 aliphatic heterocycles. The fourth-order valence-corrected chi connectivity index (χ4v) is 16.7. The predicted octanol–water partition coefficient (Wildman–Crippen LogP) is 13.6. The molecule has 0 aliphatic carbocycles. The van der Waals surface area contributed by atoms with Crippen molar-refractivity contribution in [3.63, 3.8) is 0 Å². The predicted molar refractivity (Wildman–Crippen MR) is 199 cm³/mol. The van der Waals surface area contributed by atoms with Gasteiger partial charge in [0.05, 0.1) is 0 Å². The van der Waals surface area contributed by atoms with E-state index in [-0.39, 0.29) is 0 Å². The molecule has 0 N–H and O–H groups in total. The number of aryl methyl sites for hydroxylation is 1. The van der Waals surface area contributed by atoms with Crippen LogP contribution in [0, 0.1) is 6.92 Å². The van der Waals surface area contributed by atoms with Crippen molar-refractivity contribution in [3.8, 4) is 0 Å². The molecular formula is C39H75O3PS. The molecule has 1 aromatic rings. The third-order valence-corrected chi connectivity index (χ3v) is 19.0. The Morgan fingerprint density at radius 1 is 0.455 bits per heavy atom. The van der Waals surface area contributed by atoms with Gasteiger partial charge in [0.1, 0.15) is 0 Å². The summed E-state index contributed by atoms with van der Waals surface area (Å²) < 4.78 is 35.6. The molecule has 0 aromatic heterocycles. The average Bonchev–Trinajstić information content (AvgIpc) is 3.00. The maximum absolute atomic E-state index is 14.3. The summed E-state index contributed by atoms with van der Waals surface area (Å²) >= 11 is 0. The van der Waals surface area contributed by atoms with Crippen molar-refractivity contribution in [1.82, 2.24) is 0 Å². The normalized spacial score (nSPS) is 13.2. The van der Waals surface area contributed by atoms with Crippen molar-refractivity contribution in [2.45, 2.75) is 194 Å². The van der Waals surface area contributed by atoms with Crippen molar-refractivity contribution in [2.24, 2.45) is 0 Å². The molecule has 0 aliphatic rings. The Morgan fingerprint density at radius 2 is 0.727 bits per heavy atom. The first-order chi connectivity index (χ1) is 21.3. The summed E-state index contributed by atoms with van der Waals surface area (Å²) in [6.07, 6.45) is 33.7. The van der Waals surface area contributed by atoms with Gasteiger partial charge in [-0.1, -0.05) is 0 Å². The molecule has 260 valence electrons. The zero-order chi connectivity index (χ0) is 32.4. The van der Waals surface area contributed by atoms with E-state index in [1.54, 1.807) is 12.1 Å². The van der Waals surface area contributed by atoms with E-state index >= 15 is 0 Å². The van der Waals surface area contributed by atoms with Gasteiger partial charge in [-0.25, -0.2) is 0 Å². The van der Waals surface area contributed by atoms with Crippen LogP contribution in [-0.2, 0) is 14.1 Å². The van der Waals surface area contributed by atoms with Crippen LogP contribution < -0.4 is 0 Å². The first-order valence-electron chi connectivity index (χ1n) is 19.3. The monoisotopic (exact) mass is 655 g/mol. The quantitative estimate of drug-likeness (QED) is 0.0591. The van der Waals surface area contributed by atoms with E-state index in [1.807, 2.05) is 19.1 Å². The van der Waals surface area contributed by atoms with Crippen molar-refractivity contribution in [2.75, 3.05) is 24.6 Å². The molecule has 0 fully saturated rings. The molecular weight excluding hydrogens is 579 g/mol. The van der Waals surface area contributed by atoms with Gasteiger partial charge in [-0.15, -0.1) is 0 Å². The summed E-state index contributed by atoms with van der Waals surface area (Å²) in [6, 6.07) is 7.41. The first kappa shape index (κ1) is 41.6. The van der Waals surface area contributed by atoms with Crippen LogP contribution in [0.5, 0.6) is 0 Å². The number of rotatable bonds is 31. The van der Waals surface area contributed by atoms with Crippen molar-refractivity contribution >= 4 is 16.9 Å². The fourth-order valence-electron chi connectivity index (χ4n) is 7.01. The second kappa shape index (κ2) is 24.7. The van der Waals surface area contributed by atoms with E-state index in [2.05, 4.69) is 27.7 Å². The molecule has 0 saturated heterocycles. The van der Waals surface area contributed by atoms with Crippen LogP contribution in [0.15, 0.2) is 29.2 Å². The van der Waals surface area contributed by atoms with Gasteiger partial charge in [0.15, 0.2) is 0 Å². The van der Waals surface area contributed by atoms with Crippen molar-refractivity contribution < 1.29 is 12.4 Å². The molecule has 1 rings (SSSR count). The molecule has 0 radical (unpaired) electrons. The summed E-state index contributed by atoms with van der Waals surface area (Å²) in [5, 5.41) is 0. The Balaban J connectivity index is 3.43. The zero-order valence-electron chi connectivity index (χ0n) is 30.2. The van der Waals surface area contributed by atoms with Crippen LogP contribution in [0.1, 0.15) is 187 Å². The molecule has 5 heteroatoms. The Kier molecular flexibility index (Phi) is 23.3. The van der Waals surface area contributed by atoms with Crippen LogP contribution in [0.4, 0.5) is 0 Å². The molecule has 0 heterocycles. The van der Waals surface area contributed by atoms with Gasteiger partial charge in [-0.05, 0) is 0 Å². The Hall–Kier alpha value is -0.440. The SMILES string of the molecule is CCCCCCCCP(CCCCCCCC)(CCCCCCCC)(CCCCCCCC)OS(=O)(=O)c1ccc(C)cc1.